The molecule has 1 aromatic heterocycles. The van der Waals surface area contributed by atoms with Crippen molar-refractivity contribution in [3.63, 3.8) is 0 Å². The van der Waals surface area contributed by atoms with Crippen molar-refractivity contribution in [1.82, 2.24) is 10.3 Å². The average Bonchev–Trinajstić information content (AvgIpc) is 2.37. The first-order valence-corrected chi connectivity index (χ1v) is 5.51. The number of carbonyl (C=O) groups is 1. The summed E-state index contributed by atoms with van der Waals surface area (Å²) in [4.78, 5) is 14.5. The van der Waals surface area contributed by atoms with E-state index in [1.54, 1.807) is 0 Å². The van der Waals surface area contributed by atoms with E-state index in [-0.39, 0.29) is 24.6 Å². The Balaban J connectivity index is 2.59. The van der Waals surface area contributed by atoms with Crippen LogP contribution >= 0.6 is 0 Å². The van der Waals surface area contributed by atoms with Crippen LogP contribution in [0.1, 0.15) is 30.7 Å². The maximum Gasteiger partial charge on any atom is 0.216 e. The van der Waals surface area contributed by atoms with Gasteiger partial charge < -0.3 is 15.5 Å². The minimum atomic E-state index is -1.17. The summed E-state index contributed by atoms with van der Waals surface area (Å²) in [7, 11) is 0. The summed E-state index contributed by atoms with van der Waals surface area (Å²) in [6.07, 6.45) is -0.609. The van der Waals surface area contributed by atoms with Crippen LogP contribution in [-0.2, 0) is 4.79 Å². The van der Waals surface area contributed by atoms with Gasteiger partial charge in [-0.15, -0.1) is 0 Å². The topological polar surface area (TPSA) is 106 Å². The molecule has 2 atom stereocenters. The highest BCUT2D eigenvalue weighted by molar-refractivity contribution is 5.72. The van der Waals surface area contributed by atoms with E-state index in [0.29, 0.717) is 5.56 Å². The van der Waals surface area contributed by atoms with Gasteiger partial charge in [-0.05, 0) is 18.6 Å². The van der Waals surface area contributed by atoms with E-state index in [1.165, 1.54) is 25.3 Å². The zero-order valence-corrected chi connectivity index (χ0v) is 10.00. The lowest BCUT2D eigenvalue weighted by atomic mass is 10.1. The number of amides is 1. The van der Waals surface area contributed by atoms with Crippen molar-refractivity contribution >= 4 is 5.91 Å². The van der Waals surface area contributed by atoms with Crippen LogP contribution in [0.3, 0.4) is 0 Å². The Labute approximate surface area is 105 Å². The standard InChI is InChI=1S/C12H15N3O3/c1-8(16)14-5-3-11(17)12(18)10-6-9(7-13)2-4-15-10/h2,4,6,11-12,17-18H,3,5H2,1H3,(H,14,16). The Hall–Kier alpha value is -1.97. The molecular formula is C12H15N3O3. The molecule has 0 aliphatic carbocycles. The molecule has 0 saturated carbocycles. The normalized spacial score (nSPS) is 13.4. The van der Waals surface area contributed by atoms with Gasteiger partial charge in [-0.3, -0.25) is 9.78 Å². The predicted molar refractivity (Wildman–Crippen MR) is 63.2 cm³/mol. The lowest BCUT2D eigenvalue weighted by Gasteiger charge is -2.17. The molecule has 0 saturated heterocycles. The molecule has 1 amide bonds. The fourth-order valence-corrected chi connectivity index (χ4v) is 1.43. The molecule has 96 valence electrons. The Bertz CT molecular complexity index is 456. The third-order valence-electron chi connectivity index (χ3n) is 2.39. The molecule has 1 aromatic rings. The third-order valence-corrected chi connectivity index (χ3v) is 2.39. The monoisotopic (exact) mass is 249 g/mol. The van der Waals surface area contributed by atoms with Crippen molar-refractivity contribution in [1.29, 1.82) is 5.26 Å². The van der Waals surface area contributed by atoms with E-state index in [2.05, 4.69) is 10.3 Å². The molecule has 0 spiro atoms. The van der Waals surface area contributed by atoms with Gasteiger partial charge in [0.1, 0.15) is 6.10 Å². The van der Waals surface area contributed by atoms with E-state index < -0.39 is 12.2 Å². The fourth-order valence-electron chi connectivity index (χ4n) is 1.43. The molecule has 0 aliphatic rings. The van der Waals surface area contributed by atoms with Crippen molar-refractivity contribution in [2.45, 2.75) is 25.6 Å². The molecule has 1 heterocycles. The van der Waals surface area contributed by atoms with Crippen molar-refractivity contribution < 1.29 is 15.0 Å². The summed E-state index contributed by atoms with van der Waals surface area (Å²) in [5.74, 6) is -0.193. The molecule has 0 bridgehead atoms. The quantitative estimate of drug-likeness (QED) is 0.674. The summed E-state index contributed by atoms with van der Waals surface area (Å²) in [5, 5.41) is 30.8. The molecule has 3 N–H and O–H groups in total. The second-order valence-corrected chi connectivity index (χ2v) is 3.87. The van der Waals surface area contributed by atoms with Crippen LogP contribution in [0, 0.1) is 11.3 Å². The molecule has 6 heteroatoms. The lowest BCUT2D eigenvalue weighted by molar-refractivity contribution is -0.119. The second-order valence-electron chi connectivity index (χ2n) is 3.87. The number of nitrogens with zero attached hydrogens (tertiary/aromatic N) is 2. The minimum absolute atomic E-state index is 0.193. The van der Waals surface area contributed by atoms with Gasteiger partial charge in [0, 0.05) is 19.7 Å². The number of nitrogens with one attached hydrogen (secondary N) is 1. The molecule has 0 aromatic carbocycles. The number of aromatic nitrogens is 1. The first-order chi connectivity index (χ1) is 8.54. The fraction of sp³-hybridized carbons (Fsp3) is 0.417. The first-order valence-electron chi connectivity index (χ1n) is 5.51. The Kier molecular flexibility index (Phi) is 5.24. The SMILES string of the molecule is CC(=O)NCCC(O)C(O)c1cc(C#N)ccn1. The maximum atomic E-state index is 10.6. The number of aliphatic hydroxyl groups excluding tert-OH is 2. The largest absolute Gasteiger partial charge is 0.390 e. The van der Waals surface area contributed by atoms with Crippen molar-refractivity contribution in [2.24, 2.45) is 0 Å². The highest BCUT2D eigenvalue weighted by Gasteiger charge is 2.19. The Morgan fingerprint density at radius 3 is 2.94 bits per heavy atom. The zero-order valence-electron chi connectivity index (χ0n) is 10.00. The highest BCUT2D eigenvalue weighted by Crippen LogP contribution is 2.17. The lowest BCUT2D eigenvalue weighted by Crippen LogP contribution is -2.28. The molecule has 18 heavy (non-hydrogen) atoms. The minimum Gasteiger partial charge on any atom is -0.390 e. The van der Waals surface area contributed by atoms with Gasteiger partial charge in [0.2, 0.25) is 5.91 Å². The predicted octanol–water partition coefficient (Wildman–Crippen LogP) is -0.126. The van der Waals surface area contributed by atoms with E-state index >= 15 is 0 Å². The Morgan fingerprint density at radius 1 is 1.61 bits per heavy atom. The van der Waals surface area contributed by atoms with Gasteiger partial charge in [-0.1, -0.05) is 0 Å². The number of nitriles is 1. The molecule has 2 unspecified atom stereocenters. The zero-order chi connectivity index (χ0) is 13.5. The van der Waals surface area contributed by atoms with Gasteiger partial charge >= 0.3 is 0 Å². The molecular weight excluding hydrogens is 234 g/mol. The van der Waals surface area contributed by atoms with Gasteiger partial charge in [0.25, 0.3) is 0 Å². The van der Waals surface area contributed by atoms with E-state index in [0.717, 1.165) is 0 Å². The maximum absolute atomic E-state index is 10.6. The van der Waals surface area contributed by atoms with Crippen molar-refractivity contribution in [2.75, 3.05) is 6.54 Å². The number of hydrogen-bond donors (Lipinski definition) is 3. The molecule has 6 nitrogen and oxygen atoms in total. The van der Waals surface area contributed by atoms with Gasteiger partial charge in [-0.25, -0.2) is 0 Å². The smallest absolute Gasteiger partial charge is 0.216 e. The summed E-state index contributed by atoms with van der Waals surface area (Å²) in [6.45, 7) is 1.65. The molecule has 0 aliphatic heterocycles. The van der Waals surface area contributed by atoms with Crippen LogP contribution < -0.4 is 5.32 Å². The van der Waals surface area contributed by atoms with Crippen LogP contribution in [-0.4, -0.2) is 33.8 Å². The van der Waals surface area contributed by atoms with Crippen LogP contribution in [0.4, 0.5) is 0 Å². The molecule has 0 fully saturated rings. The Morgan fingerprint density at radius 2 is 2.33 bits per heavy atom. The molecule has 0 radical (unpaired) electrons. The van der Waals surface area contributed by atoms with Crippen molar-refractivity contribution in [3.05, 3.63) is 29.6 Å². The van der Waals surface area contributed by atoms with Gasteiger partial charge in [0.15, 0.2) is 0 Å². The second kappa shape index (κ2) is 6.69. The number of carbonyl (C=O) groups excluding carboxylic acids is 1. The number of rotatable bonds is 5. The van der Waals surface area contributed by atoms with Gasteiger partial charge in [0.05, 0.1) is 23.4 Å². The average molecular weight is 249 g/mol. The summed E-state index contributed by atoms with van der Waals surface area (Å²) in [5.41, 5.74) is 0.609. The summed E-state index contributed by atoms with van der Waals surface area (Å²) >= 11 is 0. The van der Waals surface area contributed by atoms with Crippen molar-refractivity contribution in [3.8, 4) is 6.07 Å². The van der Waals surface area contributed by atoms with E-state index in [1.807, 2.05) is 6.07 Å². The number of aliphatic hydroxyl groups is 2. The van der Waals surface area contributed by atoms with E-state index in [4.69, 9.17) is 5.26 Å². The number of pyridine rings is 1. The number of hydrogen-bond acceptors (Lipinski definition) is 5. The molecule has 1 rings (SSSR count). The summed E-state index contributed by atoms with van der Waals surface area (Å²) < 4.78 is 0. The van der Waals surface area contributed by atoms with Crippen LogP contribution in [0.5, 0.6) is 0 Å². The first kappa shape index (κ1) is 14.1. The van der Waals surface area contributed by atoms with Crippen LogP contribution in [0.25, 0.3) is 0 Å². The van der Waals surface area contributed by atoms with Crippen LogP contribution in [0.2, 0.25) is 0 Å². The highest BCUT2D eigenvalue weighted by atomic mass is 16.3. The van der Waals surface area contributed by atoms with Gasteiger partial charge in [-0.2, -0.15) is 5.26 Å². The summed E-state index contributed by atoms with van der Waals surface area (Å²) in [6, 6.07) is 4.87. The van der Waals surface area contributed by atoms with E-state index in [9.17, 15) is 15.0 Å². The van der Waals surface area contributed by atoms with Crippen LogP contribution in [0.15, 0.2) is 18.3 Å². The third kappa shape index (κ3) is 4.13.